The number of hydrogen-bond donors (Lipinski definition) is 0. The fraction of sp³-hybridized carbons (Fsp3) is 0.588. The molecule has 5 heteroatoms. The molecule has 1 aromatic carbocycles. The van der Waals surface area contributed by atoms with Gasteiger partial charge in [-0.05, 0) is 25.0 Å². The molecule has 0 saturated carbocycles. The van der Waals surface area contributed by atoms with E-state index in [9.17, 15) is 4.91 Å². The van der Waals surface area contributed by atoms with Crippen LogP contribution in [0.15, 0.2) is 34.7 Å². The predicted molar refractivity (Wildman–Crippen MR) is 90.3 cm³/mol. The molecule has 0 amide bonds. The lowest BCUT2D eigenvalue weighted by atomic mass is 10.2. The maximum Gasteiger partial charge on any atom is 0.234 e. The number of nitrogens with zero attached hydrogens (tertiary/aromatic N) is 4. The largest absolute Gasteiger partial charge is 0.309 e. The summed E-state index contributed by atoms with van der Waals surface area (Å²) in [6, 6.07) is 8.27. The molecule has 0 N–H and O–H groups in total. The van der Waals surface area contributed by atoms with Crippen molar-refractivity contribution in [2.75, 3.05) is 0 Å². The monoisotopic (exact) mass is 302 g/mol. The summed E-state index contributed by atoms with van der Waals surface area (Å²) in [5.74, 6) is 0. The third-order valence-corrected chi connectivity index (χ3v) is 4.05. The maximum atomic E-state index is 10.8. The molecule has 0 aliphatic rings. The number of unbranched alkanes of at least 4 members (excludes halogenated alkanes) is 4. The number of imidazole rings is 1. The number of nitroso groups, excluding NO2 is 1. The van der Waals surface area contributed by atoms with Crippen LogP contribution in [-0.4, -0.2) is 9.13 Å². The lowest BCUT2D eigenvalue weighted by Crippen LogP contribution is -2.26. The first kappa shape index (κ1) is 16.5. The number of hydrogen-bond acceptors (Lipinski definition) is 2. The summed E-state index contributed by atoms with van der Waals surface area (Å²) >= 11 is 0. The Bertz CT molecular complexity index is 619. The van der Waals surface area contributed by atoms with E-state index in [-0.39, 0.29) is 0 Å². The molecule has 0 unspecified atom stereocenters. The average molecular weight is 302 g/mol. The molecule has 1 aromatic heterocycles. The van der Waals surface area contributed by atoms with E-state index < -0.39 is 0 Å². The van der Waals surface area contributed by atoms with Crippen LogP contribution < -0.4 is 5.62 Å². The third kappa shape index (κ3) is 3.64. The second kappa shape index (κ2) is 8.51. The SMILES string of the molecule is CCCCCn1c(=NN=O)n(CCCCC)c2ccccc21. The highest BCUT2D eigenvalue weighted by Crippen LogP contribution is 2.15. The minimum atomic E-state index is 0.684. The van der Waals surface area contributed by atoms with Gasteiger partial charge in [-0.3, -0.25) is 0 Å². The molecule has 0 fully saturated rings. The summed E-state index contributed by atoms with van der Waals surface area (Å²) in [6.45, 7) is 6.14. The summed E-state index contributed by atoms with van der Waals surface area (Å²) in [5.41, 5.74) is 2.96. The molecule has 0 atom stereocenters. The Kier molecular flexibility index (Phi) is 6.37. The quantitative estimate of drug-likeness (QED) is 0.384. The smallest absolute Gasteiger partial charge is 0.234 e. The van der Waals surface area contributed by atoms with Crippen LogP contribution in [0.4, 0.5) is 0 Å². The van der Waals surface area contributed by atoms with Crippen molar-refractivity contribution in [2.24, 2.45) is 10.4 Å². The van der Waals surface area contributed by atoms with Crippen LogP contribution in [0.3, 0.4) is 0 Å². The number of para-hydroxylation sites is 2. The first-order valence-electron chi connectivity index (χ1n) is 8.37. The Morgan fingerprint density at radius 3 is 1.77 bits per heavy atom. The van der Waals surface area contributed by atoms with Gasteiger partial charge in [0.05, 0.1) is 16.3 Å². The molecular formula is C17H26N4O. The molecule has 0 spiro atoms. The van der Waals surface area contributed by atoms with Crippen molar-refractivity contribution < 1.29 is 0 Å². The van der Waals surface area contributed by atoms with Crippen LogP contribution in [0, 0.1) is 4.91 Å². The van der Waals surface area contributed by atoms with E-state index in [1.807, 2.05) is 12.1 Å². The van der Waals surface area contributed by atoms with E-state index >= 15 is 0 Å². The number of aryl methyl sites for hydroxylation is 2. The van der Waals surface area contributed by atoms with E-state index in [0.717, 1.165) is 37.0 Å². The minimum Gasteiger partial charge on any atom is -0.309 e. The second-order valence-electron chi connectivity index (χ2n) is 5.69. The first-order valence-corrected chi connectivity index (χ1v) is 8.37. The van der Waals surface area contributed by atoms with Crippen molar-refractivity contribution in [2.45, 2.75) is 65.5 Å². The van der Waals surface area contributed by atoms with Gasteiger partial charge in [0, 0.05) is 13.1 Å². The Morgan fingerprint density at radius 2 is 1.36 bits per heavy atom. The Hall–Kier alpha value is -1.91. The van der Waals surface area contributed by atoms with Crippen LogP contribution >= 0.6 is 0 Å². The number of rotatable bonds is 9. The Balaban J connectivity index is 2.48. The molecule has 0 radical (unpaired) electrons. The number of benzene rings is 1. The zero-order valence-corrected chi connectivity index (χ0v) is 13.7. The molecule has 0 aliphatic heterocycles. The molecule has 5 nitrogen and oxygen atoms in total. The molecule has 2 aromatic rings. The van der Waals surface area contributed by atoms with Crippen molar-refractivity contribution in [3.63, 3.8) is 0 Å². The summed E-state index contributed by atoms with van der Waals surface area (Å²) in [7, 11) is 0. The third-order valence-electron chi connectivity index (χ3n) is 4.05. The van der Waals surface area contributed by atoms with Gasteiger partial charge in [-0.15, -0.1) is 4.91 Å². The normalized spacial score (nSPS) is 11.0. The molecule has 2 rings (SSSR count). The standard InChI is InChI=1S/C17H26N4O/c1-3-5-9-13-20-15-11-7-8-12-16(15)21(14-10-6-4-2)17(20)18-19-22/h7-8,11-12H,3-6,9-10,13-14H2,1-2H3. The van der Waals surface area contributed by atoms with E-state index in [1.54, 1.807) is 0 Å². The minimum absolute atomic E-state index is 0.684. The average Bonchev–Trinajstić information content (AvgIpc) is 2.83. The van der Waals surface area contributed by atoms with Crippen LogP contribution in [-0.2, 0) is 13.1 Å². The number of fused-ring (bicyclic) bond motifs is 1. The first-order chi connectivity index (χ1) is 10.8. The zero-order chi connectivity index (χ0) is 15.8. The highest BCUT2D eigenvalue weighted by atomic mass is 16.3. The molecule has 22 heavy (non-hydrogen) atoms. The van der Waals surface area contributed by atoms with Crippen molar-refractivity contribution in [3.05, 3.63) is 34.8 Å². The Labute approximate surface area is 131 Å². The van der Waals surface area contributed by atoms with Gasteiger partial charge in [0.1, 0.15) is 0 Å². The van der Waals surface area contributed by atoms with Gasteiger partial charge >= 0.3 is 0 Å². The highest BCUT2D eigenvalue weighted by molar-refractivity contribution is 5.75. The van der Waals surface area contributed by atoms with Gasteiger partial charge in [0.25, 0.3) is 0 Å². The van der Waals surface area contributed by atoms with Crippen molar-refractivity contribution in [1.29, 1.82) is 0 Å². The van der Waals surface area contributed by atoms with Gasteiger partial charge in [0.2, 0.25) is 5.62 Å². The summed E-state index contributed by atoms with van der Waals surface area (Å²) in [4.78, 5) is 10.8. The van der Waals surface area contributed by atoms with Crippen molar-refractivity contribution >= 4 is 11.0 Å². The lowest BCUT2D eigenvalue weighted by Gasteiger charge is -2.04. The van der Waals surface area contributed by atoms with Gasteiger partial charge in [-0.1, -0.05) is 56.8 Å². The van der Waals surface area contributed by atoms with Crippen LogP contribution in [0.5, 0.6) is 0 Å². The van der Waals surface area contributed by atoms with Crippen molar-refractivity contribution in [3.8, 4) is 0 Å². The molecule has 120 valence electrons. The van der Waals surface area contributed by atoms with Gasteiger partial charge in [-0.25, -0.2) is 0 Å². The molecule has 1 heterocycles. The summed E-state index contributed by atoms with van der Waals surface area (Å²) < 4.78 is 4.27. The highest BCUT2D eigenvalue weighted by Gasteiger charge is 2.11. The molecular weight excluding hydrogens is 276 g/mol. The fourth-order valence-electron chi connectivity index (χ4n) is 2.91. The summed E-state index contributed by atoms with van der Waals surface area (Å²) in [5, 5.41) is 6.71. The van der Waals surface area contributed by atoms with Gasteiger partial charge < -0.3 is 9.13 Å². The van der Waals surface area contributed by atoms with Crippen LogP contribution in [0.1, 0.15) is 52.4 Å². The van der Waals surface area contributed by atoms with E-state index in [4.69, 9.17) is 0 Å². The second-order valence-corrected chi connectivity index (χ2v) is 5.69. The van der Waals surface area contributed by atoms with Crippen LogP contribution in [0.25, 0.3) is 11.0 Å². The lowest BCUT2D eigenvalue weighted by molar-refractivity contribution is 0.540. The predicted octanol–water partition coefficient (Wildman–Crippen LogP) is 4.41. The fourth-order valence-corrected chi connectivity index (χ4v) is 2.91. The van der Waals surface area contributed by atoms with Crippen LogP contribution in [0.2, 0.25) is 0 Å². The van der Waals surface area contributed by atoms with E-state index in [1.165, 1.54) is 25.7 Å². The molecule has 0 bridgehead atoms. The van der Waals surface area contributed by atoms with E-state index in [2.05, 4.69) is 45.5 Å². The molecule has 0 saturated heterocycles. The summed E-state index contributed by atoms with van der Waals surface area (Å²) in [6.07, 6.45) is 6.88. The maximum absolute atomic E-state index is 10.8. The topological polar surface area (TPSA) is 51.6 Å². The Morgan fingerprint density at radius 1 is 0.864 bits per heavy atom. The number of aromatic nitrogens is 2. The van der Waals surface area contributed by atoms with E-state index in [0.29, 0.717) is 5.62 Å². The zero-order valence-electron chi connectivity index (χ0n) is 13.7. The van der Waals surface area contributed by atoms with Crippen molar-refractivity contribution in [1.82, 2.24) is 9.13 Å². The molecule has 0 aliphatic carbocycles. The van der Waals surface area contributed by atoms with Gasteiger partial charge in [-0.2, -0.15) is 0 Å². The van der Waals surface area contributed by atoms with Gasteiger partial charge in [0.15, 0.2) is 0 Å².